The van der Waals surface area contributed by atoms with E-state index in [0.717, 1.165) is 38.7 Å². The van der Waals surface area contributed by atoms with E-state index in [0.29, 0.717) is 6.54 Å². The Morgan fingerprint density at radius 3 is 2.58 bits per heavy atom. The maximum atomic E-state index is 13.2. The van der Waals surface area contributed by atoms with Crippen molar-refractivity contribution in [2.45, 2.75) is 19.5 Å². The molecule has 0 N–H and O–H groups in total. The molecule has 0 spiro atoms. The molecule has 1 aliphatic heterocycles. The number of hydrogen-bond donors (Lipinski definition) is 0. The fourth-order valence-electron chi connectivity index (χ4n) is 3.54. The van der Waals surface area contributed by atoms with Gasteiger partial charge in [-0.05, 0) is 48.5 Å². The fraction of sp³-hybridized carbons (Fsp3) is 0.174. The first-order valence-corrected chi connectivity index (χ1v) is 10.4. The number of hydrogen-bond acceptors (Lipinski definition) is 5. The summed E-state index contributed by atoms with van der Waals surface area (Å²) in [7, 11) is 1.21. The van der Waals surface area contributed by atoms with E-state index in [1.165, 1.54) is 26.2 Å². The Morgan fingerprint density at radius 2 is 1.87 bits per heavy atom. The highest BCUT2D eigenvalue weighted by Crippen LogP contribution is 2.35. The molecule has 158 valence electrons. The van der Waals surface area contributed by atoms with Gasteiger partial charge in [-0.3, -0.25) is 14.5 Å². The van der Waals surface area contributed by atoms with Gasteiger partial charge in [-0.2, -0.15) is 0 Å². The molecule has 8 heteroatoms. The van der Waals surface area contributed by atoms with Gasteiger partial charge < -0.3 is 9.30 Å². The van der Waals surface area contributed by atoms with Gasteiger partial charge in [0.05, 0.1) is 12.0 Å². The molecule has 1 aromatic heterocycles. The second-order valence-corrected chi connectivity index (χ2v) is 8.10. The largest absolute Gasteiger partial charge is 0.467 e. The van der Waals surface area contributed by atoms with Gasteiger partial charge in [-0.25, -0.2) is 9.18 Å². The molecule has 3 aromatic rings. The lowest BCUT2D eigenvalue weighted by molar-refractivity contribution is -0.148. The maximum absolute atomic E-state index is 13.2. The second kappa shape index (κ2) is 8.39. The quantitative estimate of drug-likeness (QED) is 0.436. The number of rotatable bonds is 5. The van der Waals surface area contributed by atoms with Crippen LogP contribution in [0.1, 0.15) is 18.1 Å². The number of methoxy groups -OCH3 is 1. The third-order valence-corrected chi connectivity index (χ3v) is 6.01. The SMILES string of the molecule is COC(=O)[C@@H](C)N1C(=O)S/C(=C/c2cn(Cc3ccc(F)cc3)c3ccccc23)C1=O. The smallest absolute Gasteiger partial charge is 0.328 e. The van der Waals surface area contributed by atoms with E-state index < -0.39 is 23.2 Å². The average molecular weight is 438 g/mol. The van der Waals surface area contributed by atoms with E-state index in [1.54, 1.807) is 18.2 Å². The third kappa shape index (κ3) is 3.98. The predicted octanol–water partition coefficient (Wildman–Crippen LogP) is 4.43. The van der Waals surface area contributed by atoms with Gasteiger partial charge in [0.2, 0.25) is 0 Å². The minimum absolute atomic E-state index is 0.241. The molecule has 0 aliphatic carbocycles. The number of carbonyl (C=O) groups excluding carboxylic acids is 3. The number of thioether (sulfide) groups is 1. The van der Waals surface area contributed by atoms with Crippen molar-refractivity contribution in [3.8, 4) is 0 Å². The molecular weight excluding hydrogens is 419 g/mol. The lowest BCUT2D eigenvalue weighted by Gasteiger charge is -2.18. The highest BCUT2D eigenvalue weighted by Gasteiger charge is 2.41. The van der Waals surface area contributed by atoms with E-state index in [4.69, 9.17) is 0 Å². The third-order valence-electron chi connectivity index (χ3n) is 5.13. The van der Waals surface area contributed by atoms with Crippen LogP contribution in [0.4, 0.5) is 9.18 Å². The molecule has 0 unspecified atom stereocenters. The number of esters is 1. The van der Waals surface area contributed by atoms with Crippen molar-refractivity contribution in [1.29, 1.82) is 0 Å². The number of carbonyl (C=O) groups is 3. The minimum atomic E-state index is -0.997. The lowest BCUT2D eigenvalue weighted by atomic mass is 10.1. The lowest BCUT2D eigenvalue weighted by Crippen LogP contribution is -2.42. The van der Waals surface area contributed by atoms with E-state index in [2.05, 4.69) is 4.74 Å². The van der Waals surface area contributed by atoms with Crippen LogP contribution in [0.25, 0.3) is 17.0 Å². The van der Waals surface area contributed by atoms with Crippen LogP contribution in [-0.4, -0.2) is 39.7 Å². The van der Waals surface area contributed by atoms with Gasteiger partial charge in [0.15, 0.2) is 0 Å². The Morgan fingerprint density at radius 1 is 1.16 bits per heavy atom. The van der Waals surface area contributed by atoms with Crippen LogP contribution in [0.15, 0.2) is 59.6 Å². The van der Waals surface area contributed by atoms with Gasteiger partial charge in [0.25, 0.3) is 11.1 Å². The van der Waals surface area contributed by atoms with Crippen molar-refractivity contribution in [3.63, 3.8) is 0 Å². The molecule has 6 nitrogen and oxygen atoms in total. The van der Waals surface area contributed by atoms with Crippen LogP contribution < -0.4 is 0 Å². The standard InChI is InChI=1S/C23H19FN2O4S/c1-14(22(28)30-2)26-21(27)20(31-23(26)29)11-16-13-25(19-6-4-3-5-18(16)19)12-15-7-9-17(24)10-8-15/h3-11,13-14H,12H2,1-2H3/b20-11+/t14-/m1/s1. The fourth-order valence-corrected chi connectivity index (χ4v) is 4.44. The highest BCUT2D eigenvalue weighted by atomic mass is 32.2. The summed E-state index contributed by atoms with van der Waals surface area (Å²) in [6, 6.07) is 13.0. The Hall–Kier alpha value is -3.39. The Kier molecular flexibility index (Phi) is 5.65. The summed E-state index contributed by atoms with van der Waals surface area (Å²) in [4.78, 5) is 38.1. The number of benzene rings is 2. The first-order valence-electron chi connectivity index (χ1n) is 9.56. The molecule has 2 amide bonds. The summed E-state index contributed by atoms with van der Waals surface area (Å²) in [6.07, 6.45) is 3.56. The molecule has 1 aliphatic rings. The van der Waals surface area contributed by atoms with Crippen molar-refractivity contribution in [1.82, 2.24) is 9.47 Å². The summed E-state index contributed by atoms with van der Waals surface area (Å²) >= 11 is 0.796. The van der Waals surface area contributed by atoms with Gasteiger partial charge >= 0.3 is 5.97 Å². The Labute approximate surface area is 182 Å². The summed E-state index contributed by atoms with van der Waals surface area (Å²) in [5.41, 5.74) is 2.65. The number of ether oxygens (including phenoxy) is 1. The second-order valence-electron chi connectivity index (χ2n) is 7.11. The molecule has 2 aromatic carbocycles. The molecule has 0 bridgehead atoms. The average Bonchev–Trinajstić information content (AvgIpc) is 3.25. The van der Waals surface area contributed by atoms with Crippen molar-refractivity contribution in [2.24, 2.45) is 0 Å². The number of para-hydroxylation sites is 1. The topological polar surface area (TPSA) is 68.6 Å². The molecule has 2 heterocycles. The summed E-state index contributed by atoms with van der Waals surface area (Å²) in [6.45, 7) is 1.98. The summed E-state index contributed by atoms with van der Waals surface area (Å²) in [5.74, 6) is -1.47. The number of halogens is 1. The van der Waals surface area contributed by atoms with Crippen LogP contribution in [-0.2, 0) is 20.9 Å². The van der Waals surface area contributed by atoms with Gasteiger partial charge in [0, 0.05) is 29.2 Å². The number of fused-ring (bicyclic) bond motifs is 1. The van der Waals surface area contributed by atoms with Crippen LogP contribution >= 0.6 is 11.8 Å². The normalized spacial score (nSPS) is 16.4. The molecule has 1 saturated heterocycles. The van der Waals surface area contributed by atoms with Gasteiger partial charge in [0.1, 0.15) is 11.9 Å². The number of nitrogens with zero attached hydrogens (tertiary/aromatic N) is 2. The number of aromatic nitrogens is 1. The first-order chi connectivity index (χ1) is 14.9. The van der Waals surface area contributed by atoms with Crippen molar-refractivity contribution in [3.05, 3.63) is 76.6 Å². The Bertz CT molecular complexity index is 1220. The van der Waals surface area contributed by atoms with E-state index in [9.17, 15) is 18.8 Å². The highest BCUT2D eigenvalue weighted by molar-refractivity contribution is 8.18. The maximum Gasteiger partial charge on any atom is 0.328 e. The summed E-state index contributed by atoms with van der Waals surface area (Å²) < 4.78 is 19.9. The zero-order chi connectivity index (χ0) is 22.1. The van der Waals surface area contributed by atoms with E-state index in [-0.39, 0.29) is 10.7 Å². The van der Waals surface area contributed by atoms with Crippen LogP contribution in [0.5, 0.6) is 0 Å². The van der Waals surface area contributed by atoms with Gasteiger partial charge in [-0.15, -0.1) is 0 Å². The van der Waals surface area contributed by atoms with E-state index in [1.807, 2.05) is 35.0 Å². The zero-order valence-electron chi connectivity index (χ0n) is 16.9. The predicted molar refractivity (Wildman–Crippen MR) is 117 cm³/mol. The monoisotopic (exact) mass is 438 g/mol. The molecule has 1 fully saturated rings. The molecule has 31 heavy (non-hydrogen) atoms. The number of imide groups is 1. The molecule has 0 radical (unpaired) electrons. The minimum Gasteiger partial charge on any atom is -0.467 e. The van der Waals surface area contributed by atoms with Crippen molar-refractivity contribution >= 4 is 45.9 Å². The first kappa shape index (κ1) is 20.9. The van der Waals surface area contributed by atoms with Crippen molar-refractivity contribution < 1.29 is 23.5 Å². The van der Waals surface area contributed by atoms with Crippen molar-refractivity contribution in [2.75, 3.05) is 7.11 Å². The number of amides is 2. The van der Waals surface area contributed by atoms with E-state index >= 15 is 0 Å². The molecular formula is C23H19FN2O4S. The van der Waals surface area contributed by atoms with Crippen LogP contribution in [0.3, 0.4) is 0 Å². The molecule has 1 atom stereocenters. The summed E-state index contributed by atoms with van der Waals surface area (Å²) in [5, 5.41) is 0.404. The zero-order valence-corrected chi connectivity index (χ0v) is 17.7. The Balaban J connectivity index is 1.69. The van der Waals surface area contributed by atoms with Crippen LogP contribution in [0.2, 0.25) is 0 Å². The molecule has 0 saturated carbocycles. The van der Waals surface area contributed by atoms with Crippen LogP contribution in [0, 0.1) is 5.82 Å². The van der Waals surface area contributed by atoms with Gasteiger partial charge in [-0.1, -0.05) is 30.3 Å². The molecule has 4 rings (SSSR count).